The van der Waals surface area contributed by atoms with Gasteiger partial charge < -0.3 is 9.47 Å². The van der Waals surface area contributed by atoms with Gasteiger partial charge in [0.05, 0.1) is 0 Å². The molecule has 0 radical (unpaired) electrons. The third kappa shape index (κ3) is 3.68. The van der Waals surface area contributed by atoms with E-state index in [1.54, 1.807) is 55.5 Å². The van der Waals surface area contributed by atoms with E-state index in [1.807, 2.05) is 0 Å². The van der Waals surface area contributed by atoms with Crippen LogP contribution in [0.1, 0.15) is 27.6 Å². The zero-order chi connectivity index (χ0) is 14.4. The van der Waals surface area contributed by atoms with Crippen LogP contribution < -0.4 is 9.47 Å². The first-order chi connectivity index (χ1) is 9.71. The van der Waals surface area contributed by atoms with Gasteiger partial charge in [-0.3, -0.25) is 9.59 Å². The zero-order valence-corrected chi connectivity index (χ0v) is 11.0. The summed E-state index contributed by atoms with van der Waals surface area (Å²) in [6.45, 7) is 1.77. The molecule has 0 aromatic heterocycles. The molecule has 0 heterocycles. The predicted octanol–water partition coefficient (Wildman–Crippen LogP) is 3.12. The molecule has 2 aromatic rings. The maximum absolute atomic E-state index is 10.5. The van der Waals surface area contributed by atoms with Crippen molar-refractivity contribution in [1.29, 1.82) is 0 Å². The van der Waals surface area contributed by atoms with E-state index in [2.05, 4.69) is 0 Å². The molecule has 0 aliphatic heterocycles. The summed E-state index contributed by atoms with van der Waals surface area (Å²) in [5.74, 6) is 1.24. The molecule has 0 saturated heterocycles. The van der Waals surface area contributed by atoms with Gasteiger partial charge in [0.25, 0.3) is 0 Å². The summed E-state index contributed by atoms with van der Waals surface area (Å²) in [4.78, 5) is 21.1. The molecule has 0 spiro atoms. The van der Waals surface area contributed by atoms with Crippen LogP contribution in [0.25, 0.3) is 0 Å². The Balaban J connectivity index is 1.94. The SMILES string of the molecule is CC(Oc1ccc(C=O)cc1)Oc1ccc(C=O)cc1. The lowest BCUT2D eigenvalue weighted by molar-refractivity contribution is 0.0223. The standard InChI is InChI=1S/C16H14O4/c1-12(19-15-6-2-13(10-17)3-7-15)20-16-8-4-14(11-18)5-9-16/h2-12H,1H3. The molecular weight excluding hydrogens is 256 g/mol. The highest BCUT2D eigenvalue weighted by molar-refractivity contribution is 5.75. The summed E-state index contributed by atoms with van der Waals surface area (Å²) in [6, 6.07) is 13.5. The van der Waals surface area contributed by atoms with Crippen molar-refractivity contribution in [1.82, 2.24) is 0 Å². The average Bonchev–Trinajstić information content (AvgIpc) is 2.49. The van der Waals surface area contributed by atoms with Crippen molar-refractivity contribution in [3.63, 3.8) is 0 Å². The van der Waals surface area contributed by atoms with Gasteiger partial charge in [-0.15, -0.1) is 0 Å². The third-order valence-corrected chi connectivity index (χ3v) is 2.64. The van der Waals surface area contributed by atoms with Gasteiger partial charge in [0.2, 0.25) is 6.29 Å². The zero-order valence-electron chi connectivity index (χ0n) is 11.0. The van der Waals surface area contributed by atoms with Gasteiger partial charge in [-0.1, -0.05) is 0 Å². The van der Waals surface area contributed by atoms with E-state index < -0.39 is 6.29 Å². The predicted molar refractivity (Wildman–Crippen MR) is 74.4 cm³/mol. The Morgan fingerprint density at radius 2 is 1.10 bits per heavy atom. The number of hydrogen-bond donors (Lipinski definition) is 0. The fourth-order valence-corrected chi connectivity index (χ4v) is 1.66. The molecular formula is C16H14O4. The van der Waals surface area contributed by atoms with E-state index in [0.717, 1.165) is 12.6 Å². The summed E-state index contributed by atoms with van der Waals surface area (Å²) in [5.41, 5.74) is 1.19. The smallest absolute Gasteiger partial charge is 0.238 e. The van der Waals surface area contributed by atoms with E-state index in [9.17, 15) is 9.59 Å². The van der Waals surface area contributed by atoms with Crippen molar-refractivity contribution in [3.8, 4) is 11.5 Å². The normalized spacial score (nSPS) is 10.1. The van der Waals surface area contributed by atoms with Crippen LogP contribution >= 0.6 is 0 Å². The molecule has 102 valence electrons. The minimum absolute atomic E-state index is 0.487. The topological polar surface area (TPSA) is 52.6 Å². The maximum atomic E-state index is 10.5. The van der Waals surface area contributed by atoms with Crippen molar-refractivity contribution < 1.29 is 19.1 Å². The highest BCUT2D eigenvalue weighted by Gasteiger charge is 2.05. The summed E-state index contributed by atoms with van der Waals surface area (Å²) in [6.07, 6.45) is 1.07. The van der Waals surface area contributed by atoms with Crippen molar-refractivity contribution >= 4 is 12.6 Å². The second-order valence-electron chi connectivity index (χ2n) is 4.18. The Kier molecular flexibility index (Phi) is 4.50. The highest BCUT2D eigenvalue weighted by Crippen LogP contribution is 2.17. The van der Waals surface area contributed by atoms with Crippen LogP contribution in [0.15, 0.2) is 48.5 Å². The number of rotatable bonds is 6. The minimum atomic E-state index is -0.487. The van der Waals surface area contributed by atoms with Crippen LogP contribution in [0.5, 0.6) is 11.5 Å². The van der Waals surface area contributed by atoms with Gasteiger partial charge in [-0.25, -0.2) is 0 Å². The lowest BCUT2D eigenvalue weighted by atomic mass is 10.2. The number of ether oxygens (including phenoxy) is 2. The van der Waals surface area contributed by atoms with Crippen LogP contribution in [-0.4, -0.2) is 18.9 Å². The molecule has 0 atom stereocenters. The third-order valence-electron chi connectivity index (χ3n) is 2.64. The summed E-state index contributed by atoms with van der Waals surface area (Å²) >= 11 is 0. The monoisotopic (exact) mass is 270 g/mol. The van der Waals surface area contributed by atoms with Crippen LogP contribution in [0, 0.1) is 0 Å². The molecule has 0 saturated carbocycles. The van der Waals surface area contributed by atoms with Gasteiger partial charge in [-0.2, -0.15) is 0 Å². The maximum Gasteiger partial charge on any atom is 0.238 e. The first-order valence-electron chi connectivity index (χ1n) is 6.15. The molecule has 0 fully saturated rings. The van der Waals surface area contributed by atoms with E-state index in [0.29, 0.717) is 22.6 Å². The van der Waals surface area contributed by atoms with Crippen molar-refractivity contribution in [3.05, 3.63) is 59.7 Å². The molecule has 0 N–H and O–H groups in total. The first kappa shape index (κ1) is 13.8. The fourth-order valence-electron chi connectivity index (χ4n) is 1.66. The quantitative estimate of drug-likeness (QED) is 0.598. The lowest BCUT2D eigenvalue weighted by Gasteiger charge is -2.16. The van der Waals surface area contributed by atoms with Crippen LogP contribution in [0.3, 0.4) is 0 Å². The molecule has 4 heteroatoms. The molecule has 4 nitrogen and oxygen atoms in total. The molecule has 2 rings (SSSR count). The van der Waals surface area contributed by atoms with Gasteiger partial charge in [0.15, 0.2) is 0 Å². The number of carbonyl (C=O) groups excluding carboxylic acids is 2. The van der Waals surface area contributed by atoms with E-state index in [4.69, 9.17) is 9.47 Å². The van der Waals surface area contributed by atoms with Gasteiger partial charge >= 0.3 is 0 Å². The highest BCUT2D eigenvalue weighted by atomic mass is 16.7. The Morgan fingerprint density at radius 1 is 0.750 bits per heavy atom. The lowest BCUT2D eigenvalue weighted by Crippen LogP contribution is -2.19. The summed E-state index contributed by atoms with van der Waals surface area (Å²) < 4.78 is 11.1. The van der Waals surface area contributed by atoms with Gasteiger partial charge in [0.1, 0.15) is 24.1 Å². The Morgan fingerprint density at radius 3 is 1.40 bits per heavy atom. The number of hydrogen-bond acceptors (Lipinski definition) is 4. The Labute approximate surface area is 116 Å². The van der Waals surface area contributed by atoms with Gasteiger partial charge in [-0.05, 0) is 48.5 Å². The summed E-state index contributed by atoms with van der Waals surface area (Å²) in [7, 11) is 0. The molecule has 0 aliphatic rings. The molecule has 0 bridgehead atoms. The average molecular weight is 270 g/mol. The number of benzene rings is 2. The second-order valence-corrected chi connectivity index (χ2v) is 4.18. The number of carbonyl (C=O) groups is 2. The minimum Gasteiger partial charge on any atom is -0.455 e. The molecule has 0 unspecified atom stereocenters. The van der Waals surface area contributed by atoms with Crippen LogP contribution in [-0.2, 0) is 0 Å². The second kappa shape index (κ2) is 6.52. The largest absolute Gasteiger partial charge is 0.455 e. The summed E-state index contributed by atoms with van der Waals surface area (Å²) in [5, 5.41) is 0. The van der Waals surface area contributed by atoms with Crippen LogP contribution in [0.2, 0.25) is 0 Å². The van der Waals surface area contributed by atoms with Crippen LogP contribution in [0.4, 0.5) is 0 Å². The molecule has 0 aliphatic carbocycles. The first-order valence-corrected chi connectivity index (χ1v) is 6.15. The molecule has 20 heavy (non-hydrogen) atoms. The van der Waals surface area contributed by atoms with Crippen molar-refractivity contribution in [2.24, 2.45) is 0 Å². The van der Waals surface area contributed by atoms with Gasteiger partial charge in [0, 0.05) is 18.1 Å². The van der Waals surface area contributed by atoms with Crippen molar-refractivity contribution in [2.45, 2.75) is 13.2 Å². The fraction of sp³-hybridized carbons (Fsp3) is 0.125. The van der Waals surface area contributed by atoms with E-state index >= 15 is 0 Å². The molecule has 2 aromatic carbocycles. The van der Waals surface area contributed by atoms with Crippen molar-refractivity contribution in [2.75, 3.05) is 0 Å². The molecule has 0 amide bonds. The number of aldehydes is 2. The van der Waals surface area contributed by atoms with E-state index in [1.165, 1.54) is 0 Å². The Hall–Kier alpha value is -2.62. The van der Waals surface area contributed by atoms with E-state index in [-0.39, 0.29) is 0 Å². The Bertz CT molecular complexity index is 519.